The molecule has 0 radical (unpaired) electrons. The molecule has 20 heavy (non-hydrogen) atoms. The van der Waals surface area contributed by atoms with Gasteiger partial charge >= 0.3 is 0 Å². The molecule has 1 aromatic carbocycles. The fraction of sp³-hybridized carbons (Fsp3) is 0.625. The summed E-state index contributed by atoms with van der Waals surface area (Å²) < 4.78 is 0. The molecule has 1 saturated carbocycles. The van der Waals surface area contributed by atoms with E-state index >= 15 is 0 Å². The van der Waals surface area contributed by atoms with E-state index in [0.29, 0.717) is 19.1 Å². The van der Waals surface area contributed by atoms with E-state index in [0.717, 1.165) is 24.1 Å². The molecule has 0 aromatic heterocycles. The van der Waals surface area contributed by atoms with Gasteiger partial charge in [0.25, 0.3) is 0 Å². The van der Waals surface area contributed by atoms with Crippen molar-refractivity contribution >= 4 is 0 Å². The Bertz CT molecular complexity index is 390. The third-order valence-corrected chi connectivity index (χ3v) is 4.20. The molecule has 1 aliphatic rings. The van der Waals surface area contributed by atoms with Gasteiger partial charge < -0.3 is 15.9 Å². The predicted octanol–water partition coefficient (Wildman–Crippen LogP) is 1.42. The van der Waals surface area contributed by atoms with Crippen LogP contribution in [0.2, 0.25) is 0 Å². The molecule has 4 heteroatoms. The molecule has 4 nitrogen and oxygen atoms in total. The zero-order valence-electron chi connectivity index (χ0n) is 12.0. The maximum atomic E-state index is 10.4. The Hall–Kier alpha value is -0.940. The van der Waals surface area contributed by atoms with Gasteiger partial charge in [0.1, 0.15) is 0 Å². The molecule has 112 valence electrons. The number of aliphatic hydroxyl groups excluding tert-OH is 2. The van der Waals surface area contributed by atoms with Crippen LogP contribution < -0.4 is 5.73 Å². The Morgan fingerprint density at radius 3 is 2.45 bits per heavy atom. The van der Waals surface area contributed by atoms with Gasteiger partial charge in [0.2, 0.25) is 0 Å². The lowest BCUT2D eigenvalue weighted by Crippen LogP contribution is -2.43. The second kappa shape index (κ2) is 7.74. The van der Waals surface area contributed by atoms with Crippen LogP contribution in [-0.4, -0.2) is 40.9 Å². The number of benzene rings is 1. The molecule has 0 bridgehead atoms. The van der Waals surface area contributed by atoms with Gasteiger partial charge in [-0.25, -0.2) is 0 Å². The summed E-state index contributed by atoms with van der Waals surface area (Å²) in [6, 6.07) is 8.44. The quantitative estimate of drug-likeness (QED) is 0.672. The Morgan fingerprint density at radius 1 is 1.25 bits per heavy atom. The van der Waals surface area contributed by atoms with Crippen molar-refractivity contribution in [2.45, 2.75) is 44.4 Å². The minimum absolute atomic E-state index is 0.213. The van der Waals surface area contributed by atoms with Crippen molar-refractivity contribution in [2.75, 3.05) is 19.7 Å². The maximum Gasteiger partial charge on any atom is 0.0917 e. The molecule has 0 saturated heterocycles. The summed E-state index contributed by atoms with van der Waals surface area (Å²) >= 11 is 0. The van der Waals surface area contributed by atoms with E-state index in [-0.39, 0.29) is 6.61 Å². The molecule has 4 N–H and O–H groups in total. The Balaban J connectivity index is 1.93. The van der Waals surface area contributed by atoms with Crippen LogP contribution in [0.25, 0.3) is 0 Å². The van der Waals surface area contributed by atoms with Crippen LogP contribution in [0.1, 0.15) is 42.9 Å². The molecular formula is C16H26N2O2. The van der Waals surface area contributed by atoms with Crippen LogP contribution in [0.4, 0.5) is 0 Å². The fourth-order valence-corrected chi connectivity index (χ4v) is 2.65. The van der Waals surface area contributed by atoms with E-state index in [9.17, 15) is 5.11 Å². The van der Waals surface area contributed by atoms with Crippen molar-refractivity contribution in [3.8, 4) is 0 Å². The summed E-state index contributed by atoms with van der Waals surface area (Å²) in [6.07, 6.45) is 4.01. The third kappa shape index (κ3) is 4.03. The van der Waals surface area contributed by atoms with Crippen molar-refractivity contribution in [1.82, 2.24) is 4.90 Å². The zero-order chi connectivity index (χ0) is 14.4. The summed E-state index contributed by atoms with van der Waals surface area (Å²) in [5, 5.41) is 19.4. The first-order valence-corrected chi connectivity index (χ1v) is 7.56. The van der Waals surface area contributed by atoms with Crippen LogP contribution in [0.3, 0.4) is 0 Å². The SMILES string of the molecule is NCc1ccc(C(O)CN(CCCO)C2CCC2)cc1. The number of hydrogen-bond donors (Lipinski definition) is 3. The van der Waals surface area contributed by atoms with Gasteiger partial charge in [-0.15, -0.1) is 0 Å². The molecule has 1 atom stereocenters. The third-order valence-electron chi connectivity index (χ3n) is 4.20. The minimum atomic E-state index is -0.471. The van der Waals surface area contributed by atoms with Crippen LogP contribution in [0.15, 0.2) is 24.3 Å². The smallest absolute Gasteiger partial charge is 0.0917 e. The van der Waals surface area contributed by atoms with Gasteiger partial charge in [0.15, 0.2) is 0 Å². The standard InChI is InChI=1S/C16H26N2O2/c17-11-13-5-7-14(8-6-13)16(20)12-18(9-2-10-19)15-3-1-4-15/h5-8,15-16,19-20H,1-4,9-12,17H2. The maximum absolute atomic E-state index is 10.4. The molecule has 0 spiro atoms. The predicted molar refractivity (Wildman–Crippen MR) is 80.2 cm³/mol. The number of hydrogen-bond acceptors (Lipinski definition) is 4. The molecule has 1 aliphatic carbocycles. The molecule has 1 aromatic rings. The van der Waals surface area contributed by atoms with E-state index in [2.05, 4.69) is 4.90 Å². The van der Waals surface area contributed by atoms with Gasteiger partial charge in [-0.1, -0.05) is 30.7 Å². The largest absolute Gasteiger partial charge is 0.396 e. The molecule has 0 amide bonds. The second-order valence-electron chi connectivity index (χ2n) is 5.62. The van der Waals surface area contributed by atoms with Crippen LogP contribution >= 0.6 is 0 Å². The summed E-state index contributed by atoms with van der Waals surface area (Å²) in [7, 11) is 0. The second-order valence-corrected chi connectivity index (χ2v) is 5.62. The number of nitrogens with two attached hydrogens (primary N) is 1. The highest BCUT2D eigenvalue weighted by Crippen LogP contribution is 2.27. The van der Waals surface area contributed by atoms with Crippen molar-refractivity contribution in [3.05, 3.63) is 35.4 Å². The lowest BCUT2D eigenvalue weighted by Gasteiger charge is -2.38. The van der Waals surface area contributed by atoms with Crippen molar-refractivity contribution < 1.29 is 10.2 Å². The lowest BCUT2D eigenvalue weighted by molar-refractivity contribution is 0.0536. The highest BCUT2D eigenvalue weighted by molar-refractivity contribution is 5.24. The van der Waals surface area contributed by atoms with E-state index in [1.807, 2.05) is 24.3 Å². The molecule has 0 aliphatic heterocycles. The normalized spacial score (nSPS) is 17.2. The first-order chi connectivity index (χ1) is 9.74. The Morgan fingerprint density at radius 2 is 1.95 bits per heavy atom. The van der Waals surface area contributed by atoms with E-state index in [1.54, 1.807) is 0 Å². The molecule has 1 fully saturated rings. The highest BCUT2D eigenvalue weighted by atomic mass is 16.3. The van der Waals surface area contributed by atoms with Crippen LogP contribution in [0, 0.1) is 0 Å². The molecule has 1 unspecified atom stereocenters. The highest BCUT2D eigenvalue weighted by Gasteiger charge is 2.26. The topological polar surface area (TPSA) is 69.7 Å². The Labute approximate surface area is 121 Å². The van der Waals surface area contributed by atoms with Crippen molar-refractivity contribution in [3.63, 3.8) is 0 Å². The summed E-state index contributed by atoms with van der Waals surface area (Å²) in [5.74, 6) is 0. The average molecular weight is 278 g/mol. The number of nitrogens with zero attached hydrogens (tertiary/aromatic N) is 1. The monoisotopic (exact) mass is 278 g/mol. The zero-order valence-corrected chi connectivity index (χ0v) is 12.0. The van der Waals surface area contributed by atoms with E-state index in [1.165, 1.54) is 19.3 Å². The molecular weight excluding hydrogens is 252 g/mol. The van der Waals surface area contributed by atoms with Gasteiger partial charge in [-0.3, -0.25) is 4.90 Å². The first kappa shape index (κ1) is 15.4. The van der Waals surface area contributed by atoms with Gasteiger partial charge in [0, 0.05) is 32.3 Å². The van der Waals surface area contributed by atoms with Crippen LogP contribution in [-0.2, 0) is 6.54 Å². The number of rotatable bonds is 8. The van der Waals surface area contributed by atoms with E-state index in [4.69, 9.17) is 10.8 Å². The summed E-state index contributed by atoms with van der Waals surface area (Å²) in [5.41, 5.74) is 7.60. The minimum Gasteiger partial charge on any atom is -0.396 e. The fourth-order valence-electron chi connectivity index (χ4n) is 2.65. The molecule has 0 heterocycles. The lowest BCUT2D eigenvalue weighted by atomic mass is 9.90. The number of aliphatic hydroxyl groups is 2. The molecule has 2 rings (SSSR count). The first-order valence-electron chi connectivity index (χ1n) is 7.56. The van der Waals surface area contributed by atoms with Gasteiger partial charge in [-0.2, -0.15) is 0 Å². The van der Waals surface area contributed by atoms with Gasteiger partial charge in [0.05, 0.1) is 6.10 Å². The van der Waals surface area contributed by atoms with Gasteiger partial charge in [-0.05, 0) is 30.4 Å². The van der Waals surface area contributed by atoms with E-state index < -0.39 is 6.10 Å². The van der Waals surface area contributed by atoms with Crippen LogP contribution in [0.5, 0.6) is 0 Å². The summed E-state index contributed by atoms with van der Waals surface area (Å²) in [4.78, 5) is 2.32. The van der Waals surface area contributed by atoms with Crippen molar-refractivity contribution in [1.29, 1.82) is 0 Å². The summed E-state index contributed by atoms with van der Waals surface area (Å²) in [6.45, 7) is 2.25. The van der Waals surface area contributed by atoms with Crippen molar-refractivity contribution in [2.24, 2.45) is 5.73 Å². The average Bonchev–Trinajstić information content (AvgIpc) is 2.42. The Kier molecular flexibility index (Phi) is 5.98.